The molecule has 0 saturated carbocycles. The van der Waals surface area contributed by atoms with Crippen LogP contribution in [0.5, 0.6) is 0 Å². The molecule has 1 saturated heterocycles. The van der Waals surface area contributed by atoms with Crippen LogP contribution in [0.1, 0.15) is 29.7 Å². The van der Waals surface area contributed by atoms with Gasteiger partial charge >= 0.3 is 0 Å². The minimum atomic E-state index is -0.102. The van der Waals surface area contributed by atoms with Crippen LogP contribution in [-0.4, -0.2) is 47.8 Å². The van der Waals surface area contributed by atoms with Gasteiger partial charge in [0.2, 0.25) is 11.8 Å². The van der Waals surface area contributed by atoms with Crippen molar-refractivity contribution < 1.29 is 9.59 Å². The summed E-state index contributed by atoms with van der Waals surface area (Å²) in [5, 5.41) is 2.74. The van der Waals surface area contributed by atoms with Gasteiger partial charge < -0.3 is 10.2 Å². The fraction of sp³-hybridized carbons (Fsp3) is 0.214. The third kappa shape index (κ3) is 5.96. The molecule has 1 N–H and O–H groups in total. The van der Waals surface area contributed by atoms with Gasteiger partial charge in [0, 0.05) is 44.9 Å². The van der Waals surface area contributed by atoms with Crippen LogP contribution < -0.4 is 5.32 Å². The standard InChI is InChI=1S/C28H29N3O2/c1-22(32)29-26-15-12-23(13-16-26)14-17-27(33)30-18-20-31(21-19-30)28(24-8-4-2-5-9-24)25-10-6-3-7-11-25/h2-17,28H,18-21H2,1H3,(H,29,32)/b17-14+. The van der Waals surface area contributed by atoms with Crippen molar-refractivity contribution in [3.8, 4) is 0 Å². The number of nitrogens with one attached hydrogen (secondary N) is 1. The number of rotatable bonds is 6. The number of hydrogen-bond donors (Lipinski definition) is 1. The Labute approximate surface area is 195 Å². The van der Waals surface area contributed by atoms with Crippen molar-refractivity contribution in [2.45, 2.75) is 13.0 Å². The van der Waals surface area contributed by atoms with Gasteiger partial charge in [-0.3, -0.25) is 14.5 Å². The number of piperazine rings is 1. The molecule has 1 fully saturated rings. The fourth-order valence-corrected chi connectivity index (χ4v) is 4.24. The minimum absolute atomic E-state index is 0.0246. The van der Waals surface area contributed by atoms with Crippen LogP contribution in [0.15, 0.2) is 91.0 Å². The van der Waals surface area contributed by atoms with Crippen LogP contribution >= 0.6 is 0 Å². The Balaban J connectivity index is 1.38. The molecule has 2 amide bonds. The summed E-state index contributed by atoms with van der Waals surface area (Å²) in [6.45, 7) is 4.51. The van der Waals surface area contributed by atoms with Gasteiger partial charge in [-0.25, -0.2) is 0 Å². The van der Waals surface area contributed by atoms with Crippen LogP contribution in [0.3, 0.4) is 0 Å². The summed E-state index contributed by atoms with van der Waals surface area (Å²) in [4.78, 5) is 28.3. The van der Waals surface area contributed by atoms with E-state index in [1.165, 1.54) is 18.1 Å². The van der Waals surface area contributed by atoms with E-state index in [0.29, 0.717) is 13.1 Å². The highest BCUT2D eigenvalue weighted by atomic mass is 16.2. The number of nitrogens with zero attached hydrogens (tertiary/aromatic N) is 2. The highest BCUT2D eigenvalue weighted by molar-refractivity contribution is 5.92. The van der Waals surface area contributed by atoms with E-state index in [1.54, 1.807) is 6.08 Å². The maximum absolute atomic E-state index is 12.8. The van der Waals surface area contributed by atoms with Crippen LogP contribution in [0.25, 0.3) is 6.08 Å². The Hall–Kier alpha value is -3.70. The van der Waals surface area contributed by atoms with E-state index in [2.05, 4.69) is 58.7 Å². The van der Waals surface area contributed by atoms with Gasteiger partial charge in [-0.1, -0.05) is 72.8 Å². The van der Waals surface area contributed by atoms with Crippen molar-refractivity contribution >= 4 is 23.6 Å². The highest BCUT2D eigenvalue weighted by Gasteiger charge is 2.27. The molecular formula is C28H29N3O2. The number of amides is 2. The van der Waals surface area contributed by atoms with Gasteiger partial charge in [-0.05, 0) is 34.9 Å². The third-order valence-electron chi connectivity index (χ3n) is 5.87. The SMILES string of the molecule is CC(=O)Nc1ccc(/C=C/C(=O)N2CCN(C(c3ccccc3)c3ccccc3)CC2)cc1. The van der Waals surface area contributed by atoms with Crippen molar-refractivity contribution in [1.82, 2.24) is 9.80 Å². The first-order chi connectivity index (χ1) is 16.1. The van der Waals surface area contributed by atoms with E-state index in [1.807, 2.05) is 47.4 Å². The summed E-state index contributed by atoms with van der Waals surface area (Å²) >= 11 is 0. The van der Waals surface area contributed by atoms with E-state index in [0.717, 1.165) is 24.3 Å². The summed E-state index contributed by atoms with van der Waals surface area (Å²) < 4.78 is 0. The predicted molar refractivity (Wildman–Crippen MR) is 133 cm³/mol. The van der Waals surface area contributed by atoms with Crippen molar-refractivity contribution in [2.75, 3.05) is 31.5 Å². The van der Waals surface area contributed by atoms with E-state index in [9.17, 15) is 9.59 Å². The lowest BCUT2D eigenvalue weighted by Crippen LogP contribution is -2.49. The molecule has 5 heteroatoms. The van der Waals surface area contributed by atoms with E-state index in [4.69, 9.17) is 0 Å². The van der Waals surface area contributed by atoms with Gasteiger partial charge in [0.05, 0.1) is 6.04 Å². The normalized spacial score (nSPS) is 14.5. The molecule has 33 heavy (non-hydrogen) atoms. The molecule has 1 heterocycles. The molecule has 0 spiro atoms. The van der Waals surface area contributed by atoms with Gasteiger partial charge in [0.15, 0.2) is 0 Å². The average molecular weight is 440 g/mol. The molecule has 5 nitrogen and oxygen atoms in total. The third-order valence-corrected chi connectivity index (χ3v) is 5.87. The maximum Gasteiger partial charge on any atom is 0.246 e. The first-order valence-electron chi connectivity index (χ1n) is 11.3. The summed E-state index contributed by atoms with van der Waals surface area (Å²) in [7, 11) is 0. The molecule has 0 aliphatic carbocycles. The molecule has 4 rings (SSSR count). The Morgan fingerprint density at radius 3 is 1.85 bits per heavy atom. The topological polar surface area (TPSA) is 52.7 Å². The van der Waals surface area contributed by atoms with Gasteiger partial charge in [-0.15, -0.1) is 0 Å². The zero-order chi connectivity index (χ0) is 23.0. The lowest BCUT2D eigenvalue weighted by atomic mass is 9.96. The van der Waals surface area contributed by atoms with Crippen LogP contribution in [0, 0.1) is 0 Å². The smallest absolute Gasteiger partial charge is 0.246 e. The predicted octanol–water partition coefficient (Wildman–Crippen LogP) is 4.59. The largest absolute Gasteiger partial charge is 0.337 e. The zero-order valence-corrected chi connectivity index (χ0v) is 18.9. The van der Waals surface area contributed by atoms with Gasteiger partial charge in [0.1, 0.15) is 0 Å². The van der Waals surface area contributed by atoms with Crippen LogP contribution in [0.4, 0.5) is 5.69 Å². The number of carbonyl (C=O) groups is 2. The molecule has 0 aromatic heterocycles. The van der Waals surface area contributed by atoms with E-state index < -0.39 is 0 Å². The van der Waals surface area contributed by atoms with Crippen molar-refractivity contribution in [3.63, 3.8) is 0 Å². The first kappa shape index (κ1) is 22.5. The van der Waals surface area contributed by atoms with Crippen molar-refractivity contribution in [1.29, 1.82) is 0 Å². The van der Waals surface area contributed by atoms with Gasteiger partial charge in [0.25, 0.3) is 0 Å². The fourth-order valence-electron chi connectivity index (χ4n) is 4.24. The Morgan fingerprint density at radius 1 is 0.788 bits per heavy atom. The average Bonchev–Trinajstić information content (AvgIpc) is 2.85. The molecule has 1 aliphatic heterocycles. The summed E-state index contributed by atoms with van der Waals surface area (Å²) in [5.74, 6) is -0.0778. The number of anilines is 1. The van der Waals surface area contributed by atoms with E-state index in [-0.39, 0.29) is 17.9 Å². The second-order valence-electron chi connectivity index (χ2n) is 8.22. The maximum atomic E-state index is 12.8. The summed E-state index contributed by atoms with van der Waals surface area (Å²) in [6.07, 6.45) is 3.46. The summed E-state index contributed by atoms with van der Waals surface area (Å²) in [6, 6.07) is 28.7. The Morgan fingerprint density at radius 2 is 1.33 bits per heavy atom. The van der Waals surface area contributed by atoms with Crippen molar-refractivity contribution in [3.05, 3.63) is 108 Å². The van der Waals surface area contributed by atoms with Crippen LogP contribution in [-0.2, 0) is 9.59 Å². The number of benzene rings is 3. The molecule has 168 valence electrons. The lowest BCUT2D eigenvalue weighted by Gasteiger charge is -2.39. The molecule has 1 aliphatic rings. The number of hydrogen-bond acceptors (Lipinski definition) is 3. The molecule has 3 aromatic carbocycles. The zero-order valence-electron chi connectivity index (χ0n) is 18.9. The second-order valence-corrected chi connectivity index (χ2v) is 8.22. The molecule has 0 radical (unpaired) electrons. The monoisotopic (exact) mass is 439 g/mol. The lowest BCUT2D eigenvalue weighted by molar-refractivity contribution is -0.127. The molecule has 0 unspecified atom stereocenters. The molecular weight excluding hydrogens is 410 g/mol. The van der Waals surface area contributed by atoms with E-state index >= 15 is 0 Å². The number of carbonyl (C=O) groups excluding carboxylic acids is 2. The second kappa shape index (κ2) is 10.7. The Bertz CT molecular complexity index is 1050. The van der Waals surface area contributed by atoms with Crippen LogP contribution in [0.2, 0.25) is 0 Å². The van der Waals surface area contributed by atoms with Crippen molar-refractivity contribution in [2.24, 2.45) is 0 Å². The Kier molecular flexibility index (Phi) is 7.33. The highest BCUT2D eigenvalue weighted by Crippen LogP contribution is 2.29. The van der Waals surface area contributed by atoms with Gasteiger partial charge in [-0.2, -0.15) is 0 Å². The molecule has 0 bridgehead atoms. The quantitative estimate of drug-likeness (QED) is 0.572. The molecule has 0 atom stereocenters. The molecule has 3 aromatic rings. The minimum Gasteiger partial charge on any atom is -0.337 e. The summed E-state index contributed by atoms with van der Waals surface area (Å²) in [5.41, 5.74) is 4.20. The first-order valence-corrected chi connectivity index (χ1v) is 11.3.